The number of thioether (sulfide) groups is 1. The summed E-state index contributed by atoms with van der Waals surface area (Å²) >= 11 is 1.78. The third kappa shape index (κ3) is 5.87. The molecule has 1 aromatic carbocycles. The first kappa shape index (κ1) is 22.3. The van der Waals surface area contributed by atoms with Gasteiger partial charge in [-0.2, -0.15) is 0 Å². The molecule has 8 heteroatoms. The number of amides is 1. The van der Waals surface area contributed by atoms with Crippen LogP contribution < -0.4 is 5.32 Å². The van der Waals surface area contributed by atoms with Crippen molar-refractivity contribution < 1.29 is 4.79 Å². The monoisotopic (exact) mass is 442 g/mol. The van der Waals surface area contributed by atoms with Crippen molar-refractivity contribution in [2.45, 2.75) is 43.7 Å². The lowest BCUT2D eigenvalue weighted by atomic mass is 9.97. The molecule has 2 aliphatic heterocycles. The molecule has 1 amide bonds. The molecule has 2 aliphatic rings. The average molecular weight is 443 g/mol. The van der Waals surface area contributed by atoms with Crippen LogP contribution in [0.25, 0.3) is 0 Å². The minimum atomic E-state index is 0.118. The van der Waals surface area contributed by atoms with E-state index < -0.39 is 0 Å². The average Bonchev–Trinajstić information content (AvgIpc) is 3.06. The van der Waals surface area contributed by atoms with Gasteiger partial charge in [-0.1, -0.05) is 12.1 Å². The molecule has 1 fully saturated rings. The lowest BCUT2D eigenvalue weighted by molar-refractivity contribution is -0.126. The summed E-state index contributed by atoms with van der Waals surface area (Å²) in [6.45, 7) is 6.44. The summed E-state index contributed by atoms with van der Waals surface area (Å²) in [7, 11) is 2.09. The maximum Gasteiger partial charge on any atom is 0.224 e. The number of nitrogens with zero attached hydrogens (tertiary/aromatic N) is 5. The Hall–Kier alpha value is -1.90. The van der Waals surface area contributed by atoms with Crippen LogP contribution in [-0.4, -0.2) is 76.5 Å². The lowest BCUT2D eigenvalue weighted by Crippen LogP contribution is -2.42. The number of nitrogens with one attached hydrogen (secondary N) is 1. The van der Waals surface area contributed by atoms with Crippen molar-refractivity contribution in [3.63, 3.8) is 0 Å². The van der Waals surface area contributed by atoms with E-state index in [1.807, 2.05) is 0 Å². The minimum Gasteiger partial charge on any atom is -0.355 e. The van der Waals surface area contributed by atoms with Gasteiger partial charge in [0.2, 0.25) is 5.91 Å². The summed E-state index contributed by atoms with van der Waals surface area (Å²) in [6, 6.07) is 8.86. The van der Waals surface area contributed by atoms with Gasteiger partial charge in [-0.15, -0.1) is 22.0 Å². The van der Waals surface area contributed by atoms with Crippen LogP contribution in [-0.2, 0) is 30.7 Å². The number of fused-ring (bicyclic) bond motifs is 1. The quantitative estimate of drug-likeness (QED) is 0.662. The van der Waals surface area contributed by atoms with Gasteiger partial charge >= 0.3 is 0 Å². The van der Waals surface area contributed by atoms with E-state index in [4.69, 9.17) is 0 Å². The van der Waals surface area contributed by atoms with Crippen molar-refractivity contribution in [2.75, 3.05) is 46.0 Å². The fourth-order valence-corrected chi connectivity index (χ4v) is 4.99. The second-order valence-electron chi connectivity index (χ2n) is 8.70. The van der Waals surface area contributed by atoms with E-state index in [0.717, 1.165) is 76.6 Å². The van der Waals surface area contributed by atoms with Crippen LogP contribution in [0.15, 0.2) is 29.2 Å². The molecule has 0 radical (unpaired) electrons. The number of hydrogen-bond donors (Lipinski definition) is 1. The Morgan fingerprint density at radius 3 is 2.77 bits per heavy atom. The number of carbonyl (C=O) groups is 1. The maximum absolute atomic E-state index is 12.5. The Balaban J connectivity index is 1.27. The van der Waals surface area contributed by atoms with Gasteiger partial charge in [0.25, 0.3) is 0 Å². The summed E-state index contributed by atoms with van der Waals surface area (Å²) < 4.78 is 2.26. The molecule has 0 saturated carbocycles. The van der Waals surface area contributed by atoms with E-state index in [1.165, 1.54) is 10.5 Å². The molecule has 3 heterocycles. The number of rotatable bonds is 7. The predicted octanol–water partition coefficient (Wildman–Crippen LogP) is 2.06. The Kier molecular flexibility index (Phi) is 7.63. The Labute approximate surface area is 189 Å². The van der Waals surface area contributed by atoms with Crippen LogP contribution in [0.2, 0.25) is 0 Å². The number of likely N-dealkylation sites (tertiary alicyclic amines) is 1. The second kappa shape index (κ2) is 10.6. The molecule has 7 nitrogen and oxygen atoms in total. The number of hydrogen-bond acceptors (Lipinski definition) is 6. The number of carbonyl (C=O) groups excluding carboxylic acids is 1. The van der Waals surface area contributed by atoms with Gasteiger partial charge in [0, 0.05) is 57.0 Å². The third-order valence-corrected chi connectivity index (χ3v) is 7.15. The second-order valence-corrected chi connectivity index (χ2v) is 9.58. The van der Waals surface area contributed by atoms with Crippen molar-refractivity contribution >= 4 is 17.7 Å². The topological polar surface area (TPSA) is 66.3 Å². The highest BCUT2D eigenvalue weighted by Gasteiger charge is 2.24. The first-order valence-electron chi connectivity index (χ1n) is 11.3. The van der Waals surface area contributed by atoms with Gasteiger partial charge in [0.15, 0.2) is 0 Å². The molecule has 0 spiro atoms. The van der Waals surface area contributed by atoms with Crippen LogP contribution >= 0.6 is 11.8 Å². The van der Waals surface area contributed by atoms with E-state index in [2.05, 4.69) is 67.4 Å². The van der Waals surface area contributed by atoms with Crippen molar-refractivity contribution in [3.8, 4) is 0 Å². The van der Waals surface area contributed by atoms with Gasteiger partial charge in [-0.25, -0.2) is 0 Å². The molecular formula is C23H34N6OS. The molecule has 1 saturated heterocycles. The first-order valence-corrected chi connectivity index (χ1v) is 12.6. The summed E-state index contributed by atoms with van der Waals surface area (Å²) in [5.74, 6) is 2.35. The fourth-order valence-electron chi connectivity index (χ4n) is 4.58. The van der Waals surface area contributed by atoms with Gasteiger partial charge in [-0.05, 0) is 50.4 Å². The smallest absolute Gasteiger partial charge is 0.224 e. The summed E-state index contributed by atoms with van der Waals surface area (Å²) in [5, 5.41) is 12.0. The van der Waals surface area contributed by atoms with Crippen molar-refractivity contribution in [1.82, 2.24) is 29.9 Å². The molecule has 0 aliphatic carbocycles. The zero-order valence-electron chi connectivity index (χ0n) is 18.7. The SMILES string of the molecule is CSc1ccc(CN2CCc3nnc(CCNC(=O)C4CCCN(C)C4)n3CC2)cc1. The number of benzene rings is 1. The van der Waals surface area contributed by atoms with E-state index in [9.17, 15) is 4.79 Å². The van der Waals surface area contributed by atoms with Gasteiger partial charge in [0.05, 0.1) is 5.92 Å². The predicted molar refractivity (Wildman–Crippen MR) is 124 cm³/mol. The standard InChI is InChI=1S/C23H34N6OS/c1-27-12-3-4-19(17-27)23(30)24-11-9-21-25-26-22-10-13-28(14-15-29(21)22)16-18-5-7-20(31-2)8-6-18/h5-8,19H,3-4,9-17H2,1-2H3,(H,24,30). The number of piperidine rings is 1. The van der Waals surface area contributed by atoms with E-state index in [1.54, 1.807) is 11.8 Å². The highest BCUT2D eigenvalue weighted by molar-refractivity contribution is 7.98. The van der Waals surface area contributed by atoms with Crippen molar-refractivity contribution in [2.24, 2.45) is 5.92 Å². The van der Waals surface area contributed by atoms with E-state index >= 15 is 0 Å². The zero-order valence-corrected chi connectivity index (χ0v) is 19.5. The Morgan fingerprint density at radius 1 is 1.16 bits per heavy atom. The molecule has 2 aromatic rings. The molecular weight excluding hydrogens is 408 g/mol. The molecule has 31 heavy (non-hydrogen) atoms. The lowest BCUT2D eigenvalue weighted by Gasteiger charge is -2.28. The van der Waals surface area contributed by atoms with Crippen LogP contribution in [0.1, 0.15) is 30.1 Å². The zero-order chi connectivity index (χ0) is 21.6. The van der Waals surface area contributed by atoms with E-state index in [-0.39, 0.29) is 11.8 Å². The summed E-state index contributed by atoms with van der Waals surface area (Å²) in [4.78, 5) is 18.5. The molecule has 0 bridgehead atoms. The molecule has 1 N–H and O–H groups in total. The van der Waals surface area contributed by atoms with Crippen molar-refractivity contribution in [3.05, 3.63) is 41.5 Å². The van der Waals surface area contributed by atoms with Crippen molar-refractivity contribution in [1.29, 1.82) is 0 Å². The van der Waals surface area contributed by atoms with Crippen LogP contribution in [0.4, 0.5) is 0 Å². The Bertz CT molecular complexity index is 867. The fraction of sp³-hybridized carbons (Fsp3) is 0.609. The molecule has 4 rings (SSSR count). The minimum absolute atomic E-state index is 0.118. The molecule has 1 atom stereocenters. The third-order valence-electron chi connectivity index (χ3n) is 6.40. The van der Waals surface area contributed by atoms with Crippen LogP contribution in [0.3, 0.4) is 0 Å². The van der Waals surface area contributed by atoms with Gasteiger partial charge in [-0.3, -0.25) is 9.69 Å². The van der Waals surface area contributed by atoms with Gasteiger partial charge in [0.1, 0.15) is 11.6 Å². The summed E-state index contributed by atoms with van der Waals surface area (Å²) in [5.41, 5.74) is 1.35. The van der Waals surface area contributed by atoms with Gasteiger partial charge < -0.3 is 14.8 Å². The molecule has 1 unspecified atom stereocenters. The molecule has 168 valence electrons. The Morgan fingerprint density at radius 2 is 2.00 bits per heavy atom. The molecule has 1 aromatic heterocycles. The number of aromatic nitrogens is 3. The highest BCUT2D eigenvalue weighted by Crippen LogP contribution is 2.18. The summed E-state index contributed by atoms with van der Waals surface area (Å²) in [6.07, 6.45) is 5.85. The largest absolute Gasteiger partial charge is 0.355 e. The highest BCUT2D eigenvalue weighted by atomic mass is 32.2. The first-order chi connectivity index (χ1) is 15.1. The maximum atomic E-state index is 12.5. The van der Waals surface area contributed by atoms with Crippen LogP contribution in [0, 0.1) is 5.92 Å². The van der Waals surface area contributed by atoms with E-state index in [0.29, 0.717) is 6.54 Å². The normalized spacial score (nSPS) is 20.3. The van der Waals surface area contributed by atoms with Crippen LogP contribution in [0.5, 0.6) is 0 Å².